The zero-order valence-corrected chi connectivity index (χ0v) is 11.1. The van der Waals surface area contributed by atoms with Gasteiger partial charge in [0.15, 0.2) is 0 Å². The molecular weight excluding hydrogens is 240 g/mol. The molecule has 2 N–H and O–H groups in total. The molecule has 0 aliphatic rings. The monoisotopic (exact) mass is 258 g/mol. The van der Waals surface area contributed by atoms with Gasteiger partial charge in [0.05, 0.1) is 0 Å². The second-order valence-electron chi connectivity index (χ2n) is 4.44. The van der Waals surface area contributed by atoms with Crippen molar-refractivity contribution in [1.82, 2.24) is 15.1 Å². The summed E-state index contributed by atoms with van der Waals surface area (Å²) in [5, 5.41) is 10.1. The van der Waals surface area contributed by atoms with Gasteiger partial charge in [0.1, 0.15) is 11.9 Å². The molecule has 1 heterocycles. The van der Waals surface area contributed by atoms with Crippen molar-refractivity contribution >= 4 is 11.7 Å². The van der Waals surface area contributed by atoms with E-state index in [1.807, 2.05) is 56.6 Å². The van der Waals surface area contributed by atoms with Crippen LogP contribution in [-0.2, 0) is 18.4 Å². The second-order valence-corrected chi connectivity index (χ2v) is 4.44. The first-order chi connectivity index (χ1) is 9.15. The molecule has 0 fully saturated rings. The van der Waals surface area contributed by atoms with Crippen molar-refractivity contribution in [2.45, 2.75) is 19.5 Å². The quantitative estimate of drug-likeness (QED) is 0.855. The molecule has 1 unspecified atom stereocenters. The maximum atomic E-state index is 11.9. The summed E-state index contributed by atoms with van der Waals surface area (Å²) < 4.78 is 1.69. The molecule has 0 aliphatic carbocycles. The predicted octanol–water partition coefficient (Wildman–Crippen LogP) is 1.54. The van der Waals surface area contributed by atoms with Gasteiger partial charge in [-0.15, -0.1) is 0 Å². The van der Waals surface area contributed by atoms with E-state index < -0.39 is 0 Å². The van der Waals surface area contributed by atoms with E-state index in [2.05, 4.69) is 15.7 Å². The molecule has 1 atom stereocenters. The molecule has 2 rings (SSSR count). The minimum absolute atomic E-state index is 0.0468. The van der Waals surface area contributed by atoms with Crippen molar-refractivity contribution in [1.29, 1.82) is 0 Å². The summed E-state index contributed by atoms with van der Waals surface area (Å²) in [7, 11) is 1.84. The van der Waals surface area contributed by atoms with Gasteiger partial charge >= 0.3 is 0 Å². The fourth-order valence-electron chi connectivity index (χ4n) is 1.72. The van der Waals surface area contributed by atoms with Crippen LogP contribution in [0.5, 0.6) is 0 Å². The summed E-state index contributed by atoms with van der Waals surface area (Å²) in [6.45, 7) is 2.35. The molecule has 2 aromatic rings. The first-order valence-corrected chi connectivity index (χ1v) is 6.23. The van der Waals surface area contributed by atoms with Crippen LogP contribution in [0.1, 0.15) is 12.5 Å². The average molecular weight is 258 g/mol. The van der Waals surface area contributed by atoms with Crippen molar-refractivity contribution < 1.29 is 4.79 Å². The Labute approximate surface area is 112 Å². The van der Waals surface area contributed by atoms with Gasteiger partial charge < -0.3 is 10.6 Å². The van der Waals surface area contributed by atoms with Crippen molar-refractivity contribution in [3.05, 3.63) is 48.2 Å². The van der Waals surface area contributed by atoms with Crippen LogP contribution in [0.15, 0.2) is 42.6 Å². The summed E-state index contributed by atoms with van der Waals surface area (Å²) in [4.78, 5) is 11.9. The predicted molar refractivity (Wildman–Crippen MR) is 74.6 cm³/mol. The zero-order valence-electron chi connectivity index (χ0n) is 11.1. The number of hydrogen-bond donors (Lipinski definition) is 2. The first kappa shape index (κ1) is 13.1. The van der Waals surface area contributed by atoms with Gasteiger partial charge in [-0.2, -0.15) is 5.10 Å². The van der Waals surface area contributed by atoms with Gasteiger partial charge in [0, 0.05) is 25.9 Å². The topological polar surface area (TPSA) is 59.0 Å². The Balaban J connectivity index is 1.82. The standard InChI is InChI=1S/C14H18N4O/c1-11(16-13-8-9-18(2)17-13)14(19)15-10-12-6-4-3-5-7-12/h3-9,11H,10H2,1-2H3,(H,15,19)(H,16,17). The van der Waals surface area contributed by atoms with Crippen LogP contribution in [0.25, 0.3) is 0 Å². The summed E-state index contributed by atoms with van der Waals surface area (Å²) in [5.74, 6) is 0.652. The van der Waals surface area contributed by atoms with E-state index in [0.29, 0.717) is 12.4 Å². The number of hydrogen-bond acceptors (Lipinski definition) is 3. The Morgan fingerprint density at radius 1 is 1.32 bits per heavy atom. The highest BCUT2D eigenvalue weighted by molar-refractivity contribution is 5.83. The lowest BCUT2D eigenvalue weighted by atomic mass is 10.2. The van der Waals surface area contributed by atoms with Crippen LogP contribution in [0, 0.1) is 0 Å². The molecule has 19 heavy (non-hydrogen) atoms. The number of nitrogens with zero attached hydrogens (tertiary/aromatic N) is 2. The van der Waals surface area contributed by atoms with E-state index in [-0.39, 0.29) is 11.9 Å². The molecule has 5 nitrogen and oxygen atoms in total. The molecular formula is C14H18N4O. The number of nitrogens with one attached hydrogen (secondary N) is 2. The Morgan fingerprint density at radius 2 is 2.05 bits per heavy atom. The van der Waals surface area contributed by atoms with Gasteiger partial charge in [-0.3, -0.25) is 9.48 Å². The Morgan fingerprint density at radius 3 is 2.68 bits per heavy atom. The SMILES string of the molecule is CC(Nc1ccn(C)n1)C(=O)NCc1ccccc1. The second kappa shape index (κ2) is 6.04. The maximum absolute atomic E-state index is 11.9. The van der Waals surface area contributed by atoms with Crippen LogP contribution < -0.4 is 10.6 Å². The maximum Gasteiger partial charge on any atom is 0.242 e. The van der Waals surface area contributed by atoms with Crippen molar-refractivity contribution in [3.8, 4) is 0 Å². The summed E-state index contributed by atoms with van der Waals surface area (Å²) >= 11 is 0. The van der Waals surface area contributed by atoms with Crippen LogP contribution >= 0.6 is 0 Å². The molecule has 0 saturated carbocycles. The van der Waals surface area contributed by atoms with Crippen molar-refractivity contribution in [2.24, 2.45) is 7.05 Å². The molecule has 0 spiro atoms. The van der Waals surface area contributed by atoms with Crippen molar-refractivity contribution in [3.63, 3.8) is 0 Å². The number of carbonyl (C=O) groups excluding carboxylic acids is 1. The molecule has 5 heteroatoms. The van der Waals surface area contributed by atoms with E-state index in [1.54, 1.807) is 4.68 Å². The van der Waals surface area contributed by atoms with Crippen LogP contribution in [-0.4, -0.2) is 21.7 Å². The zero-order chi connectivity index (χ0) is 13.7. The van der Waals surface area contributed by atoms with Gasteiger partial charge in [-0.1, -0.05) is 30.3 Å². The fraction of sp³-hybridized carbons (Fsp3) is 0.286. The molecule has 1 aromatic carbocycles. The van der Waals surface area contributed by atoms with Crippen LogP contribution in [0.2, 0.25) is 0 Å². The highest BCUT2D eigenvalue weighted by Gasteiger charge is 2.12. The van der Waals surface area contributed by atoms with Gasteiger partial charge in [-0.25, -0.2) is 0 Å². The van der Waals surface area contributed by atoms with E-state index in [0.717, 1.165) is 5.56 Å². The number of anilines is 1. The van der Waals surface area contributed by atoms with Crippen molar-refractivity contribution in [2.75, 3.05) is 5.32 Å². The van der Waals surface area contributed by atoms with E-state index in [4.69, 9.17) is 0 Å². The third kappa shape index (κ3) is 3.84. The van der Waals surface area contributed by atoms with E-state index in [1.165, 1.54) is 0 Å². The lowest BCUT2D eigenvalue weighted by Crippen LogP contribution is -2.37. The molecule has 100 valence electrons. The van der Waals surface area contributed by atoms with Gasteiger partial charge in [0.25, 0.3) is 0 Å². The minimum atomic E-state index is -0.321. The first-order valence-electron chi connectivity index (χ1n) is 6.23. The summed E-state index contributed by atoms with van der Waals surface area (Å²) in [6.07, 6.45) is 1.83. The highest BCUT2D eigenvalue weighted by atomic mass is 16.2. The number of carbonyl (C=O) groups is 1. The lowest BCUT2D eigenvalue weighted by molar-refractivity contribution is -0.121. The average Bonchev–Trinajstić information content (AvgIpc) is 2.82. The molecule has 1 aromatic heterocycles. The molecule has 0 saturated heterocycles. The minimum Gasteiger partial charge on any atom is -0.357 e. The van der Waals surface area contributed by atoms with Crippen LogP contribution in [0.3, 0.4) is 0 Å². The van der Waals surface area contributed by atoms with E-state index in [9.17, 15) is 4.79 Å². The number of aryl methyl sites for hydroxylation is 1. The van der Waals surface area contributed by atoms with E-state index >= 15 is 0 Å². The third-order valence-electron chi connectivity index (χ3n) is 2.78. The number of rotatable bonds is 5. The lowest BCUT2D eigenvalue weighted by Gasteiger charge is -2.13. The smallest absolute Gasteiger partial charge is 0.242 e. The number of benzene rings is 1. The molecule has 0 bridgehead atoms. The molecule has 0 radical (unpaired) electrons. The summed E-state index contributed by atoms with van der Waals surface area (Å²) in [5.41, 5.74) is 1.08. The third-order valence-corrected chi connectivity index (χ3v) is 2.78. The largest absolute Gasteiger partial charge is 0.357 e. The van der Waals surface area contributed by atoms with Crippen LogP contribution in [0.4, 0.5) is 5.82 Å². The van der Waals surface area contributed by atoms with Gasteiger partial charge in [0.2, 0.25) is 5.91 Å². The summed E-state index contributed by atoms with van der Waals surface area (Å²) in [6, 6.07) is 11.3. The molecule has 0 aliphatic heterocycles. The van der Waals surface area contributed by atoms with Gasteiger partial charge in [-0.05, 0) is 12.5 Å². The highest BCUT2D eigenvalue weighted by Crippen LogP contribution is 2.04. The Kier molecular flexibility index (Phi) is 4.18. The normalized spacial score (nSPS) is 11.9. The Bertz CT molecular complexity index is 535. The fourth-order valence-corrected chi connectivity index (χ4v) is 1.72. The number of aromatic nitrogens is 2. The Hall–Kier alpha value is -2.30. The number of amides is 1. The molecule has 1 amide bonds.